The molecule has 0 aliphatic carbocycles. The van der Waals surface area contributed by atoms with Gasteiger partial charge in [-0.15, -0.1) is 0 Å². The Morgan fingerprint density at radius 1 is 1.42 bits per heavy atom. The van der Waals surface area contributed by atoms with Gasteiger partial charge in [0.1, 0.15) is 0 Å². The summed E-state index contributed by atoms with van der Waals surface area (Å²) in [5, 5.41) is 12.9. The molecule has 0 saturated heterocycles. The number of carbonyl (C=O) groups excluding carboxylic acids is 1. The number of aryl methyl sites for hydroxylation is 2. The minimum Gasteiger partial charge on any atom is -0.469 e. The van der Waals surface area contributed by atoms with E-state index in [1.807, 2.05) is 0 Å². The van der Waals surface area contributed by atoms with Crippen molar-refractivity contribution >= 4 is 5.97 Å². The molecule has 1 unspecified atom stereocenters. The largest absolute Gasteiger partial charge is 0.469 e. The van der Waals surface area contributed by atoms with E-state index in [1.165, 1.54) is 23.8 Å². The molecule has 2 N–H and O–H groups in total. The second-order valence-corrected chi connectivity index (χ2v) is 4.83. The molecular weight excluding hydrogens is 242 g/mol. The highest BCUT2D eigenvalue weighted by molar-refractivity contribution is 5.69. The van der Waals surface area contributed by atoms with Gasteiger partial charge in [-0.2, -0.15) is 0 Å². The van der Waals surface area contributed by atoms with Crippen molar-refractivity contribution in [1.82, 2.24) is 5.32 Å². The van der Waals surface area contributed by atoms with Gasteiger partial charge in [-0.05, 0) is 31.4 Å². The van der Waals surface area contributed by atoms with Gasteiger partial charge in [0.05, 0.1) is 13.2 Å². The topological polar surface area (TPSA) is 58.6 Å². The second-order valence-electron chi connectivity index (χ2n) is 4.83. The molecule has 0 bridgehead atoms. The zero-order valence-electron chi connectivity index (χ0n) is 11.9. The number of carbonyl (C=O) groups is 1. The van der Waals surface area contributed by atoms with Crippen LogP contribution < -0.4 is 5.32 Å². The highest BCUT2D eigenvalue weighted by Gasteiger charge is 2.08. The summed E-state index contributed by atoms with van der Waals surface area (Å²) in [6.45, 7) is 5.34. The van der Waals surface area contributed by atoms with Gasteiger partial charge in [0.25, 0.3) is 0 Å². The summed E-state index contributed by atoms with van der Waals surface area (Å²) in [5.74, 6) is -0.284. The first-order chi connectivity index (χ1) is 9.02. The van der Waals surface area contributed by atoms with E-state index in [4.69, 9.17) is 0 Å². The van der Waals surface area contributed by atoms with Crippen molar-refractivity contribution in [3.05, 3.63) is 34.9 Å². The number of rotatable bonds is 7. The van der Waals surface area contributed by atoms with E-state index in [0.29, 0.717) is 13.0 Å². The molecule has 0 aliphatic heterocycles. The van der Waals surface area contributed by atoms with Gasteiger partial charge in [-0.25, -0.2) is 0 Å². The molecule has 0 aliphatic rings. The number of aliphatic hydroxyl groups excluding tert-OH is 1. The SMILES string of the molecule is COC(=O)CCC(O)CNCc1cc(C)ccc1C. The molecule has 0 fully saturated rings. The molecule has 1 aromatic rings. The normalized spacial score (nSPS) is 12.2. The van der Waals surface area contributed by atoms with E-state index < -0.39 is 6.10 Å². The Balaban J connectivity index is 2.29. The lowest BCUT2D eigenvalue weighted by molar-refractivity contribution is -0.141. The zero-order chi connectivity index (χ0) is 14.3. The Labute approximate surface area is 114 Å². The van der Waals surface area contributed by atoms with E-state index >= 15 is 0 Å². The smallest absolute Gasteiger partial charge is 0.305 e. The number of nitrogens with one attached hydrogen (secondary N) is 1. The molecule has 0 spiro atoms. The maximum absolute atomic E-state index is 10.9. The first kappa shape index (κ1) is 15.7. The summed E-state index contributed by atoms with van der Waals surface area (Å²) < 4.78 is 4.53. The summed E-state index contributed by atoms with van der Waals surface area (Å²) in [6, 6.07) is 6.33. The van der Waals surface area contributed by atoms with Crippen LogP contribution in [0.2, 0.25) is 0 Å². The Bertz CT molecular complexity index is 418. The minimum atomic E-state index is -0.524. The molecule has 0 heterocycles. The third-order valence-corrected chi connectivity index (χ3v) is 3.11. The van der Waals surface area contributed by atoms with Crippen molar-refractivity contribution in [2.24, 2.45) is 0 Å². The number of methoxy groups -OCH3 is 1. The molecule has 106 valence electrons. The number of esters is 1. The zero-order valence-corrected chi connectivity index (χ0v) is 11.9. The average Bonchev–Trinajstić information content (AvgIpc) is 2.40. The third kappa shape index (κ3) is 5.85. The molecular formula is C15H23NO3. The maximum atomic E-state index is 10.9. The van der Waals surface area contributed by atoms with Crippen LogP contribution >= 0.6 is 0 Å². The molecule has 0 amide bonds. The predicted molar refractivity (Wildman–Crippen MR) is 74.9 cm³/mol. The van der Waals surface area contributed by atoms with Gasteiger partial charge < -0.3 is 15.2 Å². The Hall–Kier alpha value is -1.39. The first-order valence-electron chi connectivity index (χ1n) is 6.54. The van der Waals surface area contributed by atoms with E-state index in [-0.39, 0.29) is 12.4 Å². The molecule has 4 nitrogen and oxygen atoms in total. The summed E-state index contributed by atoms with van der Waals surface area (Å²) >= 11 is 0. The summed E-state index contributed by atoms with van der Waals surface area (Å²) in [7, 11) is 1.35. The van der Waals surface area contributed by atoms with Crippen LogP contribution in [0.4, 0.5) is 0 Å². The molecule has 0 radical (unpaired) electrons. The van der Waals surface area contributed by atoms with E-state index in [9.17, 15) is 9.90 Å². The summed E-state index contributed by atoms with van der Waals surface area (Å²) in [5.41, 5.74) is 3.70. The summed E-state index contributed by atoms with van der Waals surface area (Å²) in [6.07, 6.45) is 0.152. The van der Waals surface area contributed by atoms with Crippen molar-refractivity contribution in [2.75, 3.05) is 13.7 Å². The quantitative estimate of drug-likeness (QED) is 0.737. The Morgan fingerprint density at radius 3 is 2.84 bits per heavy atom. The van der Waals surface area contributed by atoms with Gasteiger partial charge in [0, 0.05) is 19.5 Å². The van der Waals surface area contributed by atoms with E-state index in [2.05, 4.69) is 42.1 Å². The fourth-order valence-corrected chi connectivity index (χ4v) is 1.85. The number of aliphatic hydroxyl groups is 1. The van der Waals surface area contributed by atoms with Crippen molar-refractivity contribution in [3.63, 3.8) is 0 Å². The van der Waals surface area contributed by atoms with Crippen molar-refractivity contribution in [3.8, 4) is 0 Å². The van der Waals surface area contributed by atoms with Crippen LogP contribution in [0.25, 0.3) is 0 Å². The van der Waals surface area contributed by atoms with E-state index in [1.54, 1.807) is 0 Å². The van der Waals surface area contributed by atoms with Crippen molar-refractivity contribution < 1.29 is 14.6 Å². The molecule has 1 atom stereocenters. The van der Waals surface area contributed by atoms with Crippen LogP contribution in [0.3, 0.4) is 0 Å². The Morgan fingerprint density at radius 2 is 2.16 bits per heavy atom. The maximum Gasteiger partial charge on any atom is 0.305 e. The molecule has 0 saturated carbocycles. The van der Waals surface area contributed by atoms with Crippen LogP contribution in [0.1, 0.15) is 29.5 Å². The monoisotopic (exact) mass is 265 g/mol. The molecule has 1 rings (SSSR count). The van der Waals surface area contributed by atoms with E-state index in [0.717, 1.165) is 6.54 Å². The molecule has 0 aromatic heterocycles. The van der Waals surface area contributed by atoms with Gasteiger partial charge in [-0.1, -0.05) is 23.8 Å². The number of hydrogen-bond donors (Lipinski definition) is 2. The fourth-order valence-electron chi connectivity index (χ4n) is 1.85. The van der Waals surface area contributed by atoms with Gasteiger partial charge in [-0.3, -0.25) is 4.79 Å². The van der Waals surface area contributed by atoms with Gasteiger partial charge in [0.2, 0.25) is 0 Å². The minimum absolute atomic E-state index is 0.253. The number of benzene rings is 1. The molecule has 19 heavy (non-hydrogen) atoms. The van der Waals surface area contributed by atoms with Crippen molar-refractivity contribution in [1.29, 1.82) is 0 Å². The standard InChI is InChI=1S/C15H23NO3/c1-11-4-5-12(2)13(8-11)9-16-10-14(17)6-7-15(18)19-3/h4-5,8,14,16-17H,6-7,9-10H2,1-3H3. The molecule has 4 heteroatoms. The van der Waals surface area contributed by atoms with Gasteiger partial charge >= 0.3 is 5.97 Å². The fraction of sp³-hybridized carbons (Fsp3) is 0.533. The lowest BCUT2D eigenvalue weighted by atomic mass is 10.1. The van der Waals surface area contributed by atoms with Crippen LogP contribution in [-0.4, -0.2) is 30.8 Å². The number of hydrogen-bond acceptors (Lipinski definition) is 4. The lowest BCUT2D eigenvalue weighted by Gasteiger charge is -2.12. The van der Waals surface area contributed by atoms with Crippen molar-refractivity contribution in [2.45, 2.75) is 39.3 Å². The number of ether oxygens (including phenoxy) is 1. The average molecular weight is 265 g/mol. The predicted octanol–water partition coefficient (Wildman–Crippen LogP) is 1.71. The molecule has 1 aromatic carbocycles. The highest BCUT2D eigenvalue weighted by Crippen LogP contribution is 2.10. The lowest BCUT2D eigenvalue weighted by Crippen LogP contribution is -2.27. The van der Waals surface area contributed by atoms with Gasteiger partial charge in [0.15, 0.2) is 0 Å². The Kier molecular flexibility index (Phi) is 6.53. The second kappa shape index (κ2) is 7.92. The van der Waals surface area contributed by atoms with Crippen LogP contribution in [-0.2, 0) is 16.1 Å². The third-order valence-electron chi connectivity index (χ3n) is 3.11. The van der Waals surface area contributed by atoms with Crippen LogP contribution in [0, 0.1) is 13.8 Å². The summed E-state index contributed by atoms with van der Waals surface area (Å²) in [4.78, 5) is 10.9. The highest BCUT2D eigenvalue weighted by atomic mass is 16.5. The van der Waals surface area contributed by atoms with Crippen LogP contribution in [0.5, 0.6) is 0 Å². The van der Waals surface area contributed by atoms with Crippen LogP contribution in [0.15, 0.2) is 18.2 Å². The first-order valence-corrected chi connectivity index (χ1v) is 6.54.